The van der Waals surface area contributed by atoms with Crippen LogP contribution in [0.2, 0.25) is 0 Å². The highest BCUT2D eigenvalue weighted by atomic mass is 19.1. The summed E-state index contributed by atoms with van der Waals surface area (Å²) in [7, 11) is 0. The van der Waals surface area contributed by atoms with Crippen molar-refractivity contribution in [3.63, 3.8) is 0 Å². The van der Waals surface area contributed by atoms with Gasteiger partial charge in [-0.15, -0.1) is 0 Å². The van der Waals surface area contributed by atoms with Crippen LogP contribution in [0.5, 0.6) is 0 Å². The Labute approximate surface area is 195 Å². The van der Waals surface area contributed by atoms with Gasteiger partial charge in [0.15, 0.2) is 5.65 Å². The van der Waals surface area contributed by atoms with Crippen LogP contribution in [0.1, 0.15) is 43.2 Å². The molecule has 0 saturated carbocycles. The molecule has 3 N–H and O–H groups in total. The maximum Gasteiger partial charge on any atom is 0.327 e. The van der Waals surface area contributed by atoms with Crippen LogP contribution < -0.4 is 16.3 Å². The topological polar surface area (TPSA) is 112 Å². The number of H-pyrrole nitrogens is 1. The van der Waals surface area contributed by atoms with Crippen LogP contribution in [0.3, 0.4) is 0 Å². The molecular weight excluding hydrogens is 439 g/mol. The van der Waals surface area contributed by atoms with Gasteiger partial charge in [-0.25, -0.2) is 19.0 Å². The second-order valence-electron chi connectivity index (χ2n) is 8.97. The Morgan fingerprint density at radius 2 is 1.91 bits per heavy atom. The van der Waals surface area contributed by atoms with Crippen LogP contribution >= 0.6 is 0 Å². The molecular formula is C24H27FN6O3. The zero-order valence-corrected chi connectivity index (χ0v) is 18.7. The third kappa shape index (κ3) is 4.40. The molecule has 2 aliphatic rings. The molecule has 4 heterocycles. The van der Waals surface area contributed by atoms with Gasteiger partial charge in [0, 0.05) is 37.8 Å². The number of aromatic amines is 1. The molecule has 1 aromatic carbocycles. The summed E-state index contributed by atoms with van der Waals surface area (Å²) in [6.45, 7) is 1.38. The summed E-state index contributed by atoms with van der Waals surface area (Å²) in [4.78, 5) is 46.6. The van der Waals surface area contributed by atoms with E-state index < -0.39 is 6.04 Å². The van der Waals surface area contributed by atoms with E-state index in [2.05, 4.69) is 20.6 Å². The summed E-state index contributed by atoms with van der Waals surface area (Å²) >= 11 is 0. The van der Waals surface area contributed by atoms with Crippen LogP contribution in [0, 0.1) is 5.82 Å². The van der Waals surface area contributed by atoms with Gasteiger partial charge in [0.2, 0.25) is 5.91 Å². The van der Waals surface area contributed by atoms with Crippen molar-refractivity contribution >= 4 is 23.1 Å². The van der Waals surface area contributed by atoms with Crippen LogP contribution in [-0.4, -0.2) is 57.0 Å². The average Bonchev–Trinajstić information content (AvgIpc) is 3.07. The number of carbonyl (C=O) groups is 2. The Morgan fingerprint density at radius 3 is 2.71 bits per heavy atom. The summed E-state index contributed by atoms with van der Waals surface area (Å²) in [6, 6.07) is 9.14. The lowest BCUT2D eigenvalue weighted by atomic mass is 9.94. The van der Waals surface area contributed by atoms with E-state index in [1.165, 1.54) is 12.1 Å². The maximum atomic E-state index is 13.6. The van der Waals surface area contributed by atoms with E-state index in [0.717, 1.165) is 11.1 Å². The van der Waals surface area contributed by atoms with Crippen molar-refractivity contribution < 1.29 is 14.0 Å². The third-order valence-corrected chi connectivity index (χ3v) is 6.87. The number of amides is 3. The molecule has 3 amide bonds. The molecule has 178 valence electrons. The number of carbonyl (C=O) groups excluding carboxylic acids is 2. The molecule has 0 aliphatic carbocycles. The first-order chi connectivity index (χ1) is 16.5. The Kier molecular flexibility index (Phi) is 6.04. The predicted molar refractivity (Wildman–Crippen MR) is 124 cm³/mol. The van der Waals surface area contributed by atoms with Crippen molar-refractivity contribution in [3.05, 3.63) is 64.5 Å². The van der Waals surface area contributed by atoms with Crippen molar-refractivity contribution in [1.82, 2.24) is 30.1 Å². The molecule has 1 unspecified atom stereocenters. The minimum absolute atomic E-state index is 0.00118. The monoisotopic (exact) mass is 466 g/mol. The Bertz CT molecular complexity index is 1260. The van der Waals surface area contributed by atoms with Crippen LogP contribution in [0.25, 0.3) is 11.2 Å². The normalized spacial score (nSPS) is 21.8. The van der Waals surface area contributed by atoms with E-state index >= 15 is 0 Å². The molecule has 0 bridgehead atoms. The summed E-state index contributed by atoms with van der Waals surface area (Å²) in [5.41, 5.74) is 1.97. The van der Waals surface area contributed by atoms with Crippen molar-refractivity contribution in [3.8, 4) is 0 Å². The number of rotatable bonds is 3. The molecule has 2 fully saturated rings. The highest BCUT2D eigenvalue weighted by molar-refractivity contribution is 5.87. The number of pyridine rings is 1. The van der Waals surface area contributed by atoms with Gasteiger partial charge in [0.25, 0.3) is 0 Å². The fraction of sp³-hybridized carbons (Fsp3) is 0.417. The van der Waals surface area contributed by atoms with Crippen molar-refractivity contribution in [1.29, 1.82) is 0 Å². The van der Waals surface area contributed by atoms with Gasteiger partial charge in [-0.3, -0.25) is 14.3 Å². The lowest BCUT2D eigenvalue weighted by molar-refractivity contribution is -0.122. The number of hydrogen-bond acceptors (Lipinski definition) is 4. The molecule has 2 atom stereocenters. The number of piperidine rings is 1. The molecule has 2 aromatic heterocycles. The first kappa shape index (κ1) is 22.1. The van der Waals surface area contributed by atoms with Gasteiger partial charge in [0.1, 0.15) is 11.9 Å². The third-order valence-electron chi connectivity index (χ3n) is 6.87. The number of halogens is 1. The number of aromatic nitrogens is 3. The molecule has 3 aromatic rings. The maximum absolute atomic E-state index is 13.6. The second-order valence-corrected chi connectivity index (χ2v) is 8.97. The SMILES string of the molecule is O=C1NCC(c2cccc(F)c2)CC[C@H]1NC(=O)N1CCC(n2c(=O)[nH]c3ncccc32)CC1. The van der Waals surface area contributed by atoms with Gasteiger partial charge in [-0.05, 0) is 55.5 Å². The van der Waals surface area contributed by atoms with Gasteiger partial charge in [0.05, 0.1) is 5.52 Å². The van der Waals surface area contributed by atoms with Gasteiger partial charge >= 0.3 is 11.7 Å². The van der Waals surface area contributed by atoms with Crippen LogP contribution in [-0.2, 0) is 4.79 Å². The summed E-state index contributed by atoms with van der Waals surface area (Å²) in [5, 5.41) is 5.75. The molecule has 0 spiro atoms. The second kappa shape index (κ2) is 9.28. The largest absolute Gasteiger partial charge is 0.354 e. The van der Waals surface area contributed by atoms with Gasteiger partial charge in [-0.2, -0.15) is 0 Å². The summed E-state index contributed by atoms with van der Waals surface area (Å²) in [5.74, 6) is -0.520. The van der Waals surface area contributed by atoms with E-state index in [9.17, 15) is 18.8 Å². The van der Waals surface area contributed by atoms with Crippen LogP contribution in [0.15, 0.2) is 47.4 Å². The number of benzene rings is 1. The van der Waals surface area contributed by atoms with Crippen molar-refractivity contribution in [2.45, 2.75) is 43.7 Å². The standard InChI is InChI=1S/C24H27FN6O3/c25-17-4-1-3-15(13-17)16-6-7-19(22(32)27-14-16)28-23(33)30-11-8-18(9-12-30)31-20-5-2-10-26-21(20)29-24(31)34/h1-5,10,13,16,18-19H,6-9,11-12,14H2,(H,27,32)(H,28,33)(H,26,29,34)/t16?,19-/m1/s1. The van der Waals surface area contributed by atoms with Gasteiger partial charge in [-0.1, -0.05) is 12.1 Å². The van der Waals surface area contributed by atoms with Crippen LogP contribution in [0.4, 0.5) is 9.18 Å². The first-order valence-electron chi connectivity index (χ1n) is 11.6. The summed E-state index contributed by atoms with van der Waals surface area (Å²) < 4.78 is 15.3. The molecule has 9 nitrogen and oxygen atoms in total. The molecule has 5 rings (SSSR count). The molecule has 10 heteroatoms. The van der Waals surface area contributed by atoms with Gasteiger partial charge < -0.3 is 15.5 Å². The zero-order valence-electron chi connectivity index (χ0n) is 18.7. The first-order valence-corrected chi connectivity index (χ1v) is 11.6. The Balaban J connectivity index is 1.19. The quantitative estimate of drug-likeness (QED) is 0.550. The molecule has 2 aliphatic heterocycles. The lowest BCUT2D eigenvalue weighted by Crippen LogP contribution is -2.52. The Hall–Kier alpha value is -3.69. The molecule has 0 radical (unpaired) electrons. The molecule has 2 saturated heterocycles. The van der Waals surface area contributed by atoms with Crippen molar-refractivity contribution in [2.24, 2.45) is 0 Å². The zero-order chi connectivity index (χ0) is 23.7. The highest BCUT2D eigenvalue weighted by Crippen LogP contribution is 2.26. The van der Waals surface area contributed by atoms with E-state index in [1.54, 1.807) is 27.8 Å². The number of nitrogens with one attached hydrogen (secondary N) is 3. The predicted octanol–water partition coefficient (Wildman–Crippen LogP) is 2.27. The highest BCUT2D eigenvalue weighted by Gasteiger charge is 2.31. The smallest absolute Gasteiger partial charge is 0.327 e. The number of likely N-dealkylation sites (tertiary alicyclic amines) is 1. The molecule has 34 heavy (non-hydrogen) atoms. The number of fused-ring (bicyclic) bond motifs is 1. The number of imidazole rings is 1. The number of urea groups is 1. The van der Waals surface area contributed by atoms with E-state index in [1.807, 2.05) is 12.1 Å². The minimum atomic E-state index is -0.633. The van der Waals surface area contributed by atoms with E-state index in [4.69, 9.17) is 0 Å². The fourth-order valence-corrected chi connectivity index (χ4v) is 5.02. The van der Waals surface area contributed by atoms with E-state index in [-0.39, 0.29) is 35.4 Å². The lowest BCUT2D eigenvalue weighted by Gasteiger charge is -2.33. The fourth-order valence-electron chi connectivity index (χ4n) is 5.02. The summed E-state index contributed by atoms with van der Waals surface area (Å²) in [6.07, 6.45) is 4.04. The Morgan fingerprint density at radius 1 is 1.09 bits per heavy atom. The minimum Gasteiger partial charge on any atom is -0.354 e. The number of hydrogen-bond donors (Lipinski definition) is 3. The average molecular weight is 467 g/mol. The number of nitrogens with zero attached hydrogens (tertiary/aromatic N) is 3. The van der Waals surface area contributed by atoms with Crippen molar-refractivity contribution in [2.75, 3.05) is 19.6 Å². The van der Waals surface area contributed by atoms with E-state index in [0.29, 0.717) is 51.0 Å².